The van der Waals surface area contributed by atoms with Gasteiger partial charge in [-0.05, 0) is 13.3 Å². The predicted molar refractivity (Wildman–Crippen MR) is 71.6 cm³/mol. The molecule has 19 heavy (non-hydrogen) atoms. The molecule has 7 heteroatoms. The topological polar surface area (TPSA) is 81.1 Å². The standard InChI is InChI=1S/C12H23N5O2/c1-4-5-14-12(18)10(2)17-9-11(15-16-17)8-13-6-7-19-3/h9-10,13H,4-8H2,1-3H3,(H,14,18). The van der Waals surface area contributed by atoms with Gasteiger partial charge < -0.3 is 15.4 Å². The molecule has 1 unspecified atom stereocenters. The van der Waals surface area contributed by atoms with Crippen molar-refractivity contribution in [2.24, 2.45) is 0 Å². The van der Waals surface area contributed by atoms with Gasteiger partial charge in [-0.2, -0.15) is 0 Å². The van der Waals surface area contributed by atoms with Crippen molar-refractivity contribution in [1.82, 2.24) is 25.6 Å². The Hall–Kier alpha value is -1.47. The third-order valence-electron chi connectivity index (χ3n) is 2.67. The number of aromatic nitrogens is 3. The van der Waals surface area contributed by atoms with Crippen LogP contribution in [0.3, 0.4) is 0 Å². The number of hydrogen-bond acceptors (Lipinski definition) is 5. The van der Waals surface area contributed by atoms with Gasteiger partial charge in [-0.3, -0.25) is 4.79 Å². The van der Waals surface area contributed by atoms with Crippen molar-refractivity contribution in [3.63, 3.8) is 0 Å². The maximum atomic E-state index is 11.8. The second-order valence-corrected chi connectivity index (χ2v) is 4.33. The van der Waals surface area contributed by atoms with Gasteiger partial charge in [0.15, 0.2) is 0 Å². The molecule has 0 bridgehead atoms. The summed E-state index contributed by atoms with van der Waals surface area (Å²) in [6.07, 6.45) is 2.71. The fourth-order valence-corrected chi connectivity index (χ4v) is 1.49. The number of nitrogens with one attached hydrogen (secondary N) is 2. The van der Waals surface area contributed by atoms with E-state index in [1.165, 1.54) is 0 Å². The van der Waals surface area contributed by atoms with E-state index in [0.29, 0.717) is 19.7 Å². The average molecular weight is 269 g/mol. The number of carbonyl (C=O) groups is 1. The summed E-state index contributed by atoms with van der Waals surface area (Å²) in [5, 5.41) is 14.0. The lowest BCUT2D eigenvalue weighted by atomic mass is 10.3. The third kappa shape index (κ3) is 5.35. The van der Waals surface area contributed by atoms with E-state index in [9.17, 15) is 4.79 Å². The molecule has 0 radical (unpaired) electrons. The monoisotopic (exact) mass is 269 g/mol. The molecule has 0 aliphatic rings. The minimum atomic E-state index is -0.341. The number of ether oxygens (including phenoxy) is 1. The van der Waals surface area contributed by atoms with Crippen LogP contribution in [0.4, 0.5) is 0 Å². The molecule has 1 heterocycles. The summed E-state index contributed by atoms with van der Waals surface area (Å²) in [6, 6.07) is -0.341. The van der Waals surface area contributed by atoms with E-state index >= 15 is 0 Å². The Balaban J connectivity index is 2.42. The van der Waals surface area contributed by atoms with Crippen LogP contribution in [0.25, 0.3) is 0 Å². The second-order valence-electron chi connectivity index (χ2n) is 4.33. The van der Waals surface area contributed by atoms with Gasteiger partial charge in [0.05, 0.1) is 18.5 Å². The summed E-state index contributed by atoms with van der Waals surface area (Å²) in [5.74, 6) is -0.0364. The maximum absolute atomic E-state index is 11.8. The first-order valence-electron chi connectivity index (χ1n) is 6.57. The van der Waals surface area contributed by atoms with Crippen molar-refractivity contribution in [3.8, 4) is 0 Å². The van der Waals surface area contributed by atoms with Crippen LogP contribution in [0.1, 0.15) is 32.0 Å². The molecule has 0 saturated heterocycles. The van der Waals surface area contributed by atoms with Gasteiger partial charge in [0.2, 0.25) is 5.91 Å². The van der Waals surface area contributed by atoms with E-state index in [4.69, 9.17) is 4.74 Å². The van der Waals surface area contributed by atoms with E-state index < -0.39 is 0 Å². The molecule has 0 spiro atoms. The van der Waals surface area contributed by atoms with E-state index in [2.05, 4.69) is 20.9 Å². The SMILES string of the molecule is CCCNC(=O)C(C)n1cc(CNCCOC)nn1. The van der Waals surface area contributed by atoms with E-state index in [1.807, 2.05) is 13.8 Å². The van der Waals surface area contributed by atoms with Gasteiger partial charge >= 0.3 is 0 Å². The summed E-state index contributed by atoms with van der Waals surface area (Å²) in [5.41, 5.74) is 0.811. The fraction of sp³-hybridized carbons (Fsp3) is 0.750. The third-order valence-corrected chi connectivity index (χ3v) is 2.67. The summed E-state index contributed by atoms with van der Waals surface area (Å²) < 4.78 is 6.52. The number of rotatable bonds is 9. The van der Waals surface area contributed by atoms with Gasteiger partial charge in [-0.1, -0.05) is 12.1 Å². The molecular formula is C12H23N5O2. The zero-order valence-corrected chi connectivity index (χ0v) is 11.8. The fourth-order valence-electron chi connectivity index (χ4n) is 1.49. The zero-order valence-electron chi connectivity index (χ0n) is 11.8. The first-order chi connectivity index (χ1) is 9.19. The van der Waals surface area contributed by atoms with Crippen LogP contribution in [0.15, 0.2) is 6.20 Å². The Morgan fingerprint density at radius 3 is 3.00 bits per heavy atom. The van der Waals surface area contributed by atoms with Crippen molar-refractivity contribution in [2.45, 2.75) is 32.9 Å². The number of hydrogen-bond donors (Lipinski definition) is 2. The van der Waals surface area contributed by atoms with Gasteiger partial charge in [-0.15, -0.1) is 5.10 Å². The molecule has 108 valence electrons. The Morgan fingerprint density at radius 1 is 1.53 bits per heavy atom. The first kappa shape index (κ1) is 15.6. The lowest BCUT2D eigenvalue weighted by molar-refractivity contribution is -0.124. The molecule has 1 aromatic heterocycles. The number of methoxy groups -OCH3 is 1. The van der Waals surface area contributed by atoms with E-state index in [0.717, 1.165) is 18.7 Å². The molecule has 0 saturated carbocycles. The molecule has 7 nitrogen and oxygen atoms in total. The molecule has 1 atom stereocenters. The highest BCUT2D eigenvalue weighted by molar-refractivity contribution is 5.79. The summed E-state index contributed by atoms with van der Waals surface area (Å²) in [7, 11) is 1.66. The lowest BCUT2D eigenvalue weighted by Crippen LogP contribution is -2.31. The minimum Gasteiger partial charge on any atom is -0.383 e. The van der Waals surface area contributed by atoms with Gasteiger partial charge in [0.1, 0.15) is 6.04 Å². The normalized spacial score (nSPS) is 12.4. The minimum absolute atomic E-state index is 0.0364. The lowest BCUT2D eigenvalue weighted by Gasteiger charge is -2.10. The molecule has 0 aliphatic heterocycles. The Bertz CT molecular complexity index is 380. The molecule has 0 aliphatic carbocycles. The predicted octanol–water partition coefficient (Wildman–Crippen LogP) is 0.101. The van der Waals surface area contributed by atoms with Crippen LogP contribution in [-0.2, 0) is 16.1 Å². The summed E-state index contributed by atoms with van der Waals surface area (Å²) in [6.45, 7) is 6.54. The highest BCUT2D eigenvalue weighted by atomic mass is 16.5. The Morgan fingerprint density at radius 2 is 2.32 bits per heavy atom. The molecular weight excluding hydrogens is 246 g/mol. The van der Waals surface area contributed by atoms with E-state index in [1.54, 1.807) is 18.0 Å². The van der Waals surface area contributed by atoms with E-state index in [-0.39, 0.29) is 11.9 Å². The quantitative estimate of drug-likeness (QED) is 0.622. The van der Waals surface area contributed by atoms with Gasteiger partial charge in [-0.25, -0.2) is 4.68 Å². The molecule has 1 rings (SSSR count). The van der Waals surface area contributed by atoms with Gasteiger partial charge in [0.25, 0.3) is 0 Å². The number of amides is 1. The van der Waals surface area contributed by atoms with Crippen LogP contribution >= 0.6 is 0 Å². The molecule has 2 N–H and O–H groups in total. The smallest absolute Gasteiger partial charge is 0.244 e. The molecule has 1 amide bonds. The zero-order chi connectivity index (χ0) is 14.1. The molecule has 0 fully saturated rings. The molecule has 0 aromatic carbocycles. The van der Waals surface area contributed by atoms with Crippen LogP contribution in [-0.4, -0.2) is 47.7 Å². The number of carbonyl (C=O) groups excluding carboxylic acids is 1. The Kier molecular flexibility index (Phi) is 7.06. The van der Waals surface area contributed by atoms with Crippen molar-refractivity contribution in [1.29, 1.82) is 0 Å². The van der Waals surface area contributed by atoms with Crippen LogP contribution in [0.5, 0.6) is 0 Å². The van der Waals surface area contributed by atoms with Gasteiger partial charge in [0, 0.05) is 26.7 Å². The largest absolute Gasteiger partial charge is 0.383 e. The summed E-state index contributed by atoms with van der Waals surface area (Å²) in [4.78, 5) is 11.8. The first-order valence-corrected chi connectivity index (χ1v) is 6.57. The average Bonchev–Trinajstić information content (AvgIpc) is 2.89. The van der Waals surface area contributed by atoms with Crippen LogP contribution in [0, 0.1) is 0 Å². The van der Waals surface area contributed by atoms with Crippen molar-refractivity contribution in [2.75, 3.05) is 26.8 Å². The molecule has 1 aromatic rings. The highest BCUT2D eigenvalue weighted by Crippen LogP contribution is 2.04. The number of nitrogens with zero attached hydrogens (tertiary/aromatic N) is 3. The van der Waals surface area contributed by atoms with Crippen molar-refractivity contribution < 1.29 is 9.53 Å². The van der Waals surface area contributed by atoms with Crippen LogP contribution in [0.2, 0.25) is 0 Å². The summed E-state index contributed by atoms with van der Waals surface area (Å²) >= 11 is 0. The maximum Gasteiger partial charge on any atom is 0.244 e. The van der Waals surface area contributed by atoms with Crippen molar-refractivity contribution in [3.05, 3.63) is 11.9 Å². The van der Waals surface area contributed by atoms with Crippen LogP contribution < -0.4 is 10.6 Å². The van der Waals surface area contributed by atoms with Crippen molar-refractivity contribution >= 4 is 5.91 Å². The second kappa shape index (κ2) is 8.60. The Labute approximate surface area is 113 Å². The highest BCUT2D eigenvalue weighted by Gasteiger charge is 2.15.